The van der Waals surface area contributed by atoms with E-state index in [-0.39, 0.29) is 16.7 Å². The SMILES string of the molecule is COc1cc(S(=O)(=O)N2CCN(C(=O)C3CC3)CC2)c(OC)cc1C. The van der Waals surface area contributed by atoms with E-state index in [2.05, 4.69) is 0 Å². The van der Waals surface area contributed by atoms with Crippen LogP contribution in [0.4, 0.5) is 0 Å². The fraction of sp³-hybridized carbons (Fsp3) is 0.588. The maximum atomic E-state index is 13.1. The summed E-state index contributed by atoms with van der Waals surface area (Å²) >= 11 is 0. The summed E-state index contributed by atoms with van der Waals surface area (Å²) in [6, 6.07) is 3.17. The van der Waals surface area contributed by atoms with E-state index in [0.29, 0.717) is 37.7 Å². The third kappa shape index (κ3) is 3.46. The predicted octanol–water partition coefficient (Wildman–Crippen LogP) is 1.26. The van der Waals surface area contributed by atoms with Gasteiger partial charge in [-0.3, -0.25) is 4.79 Å². The van der Waals surface area contributed by atoms with Crippen molar-refractivity contribution in [3.05, 3.63) is 17.7 Å². The minimum absolute atomic E-state index is 0.0967. The predicted molar refractivity (Wildman–Crippen MR) is 92.3 cm³/mol. The van der Waals surface area contributed by atoms with Crippen LogP contribution in [0.25, 0.3) is 0 Å². The van der Waals surface area contributed by atoms with Gasteiger partial charge in [-0.25, -0.2) is 8.42 Å². The van der Waals surface area contributed by atoms with Crippen molar-refractivity contribution in [2.75, 3.05) is 40.4 Å². The van der Waals surface area contributed by atoms with Crippen molar-refractivity contribution in [3.63, 3.8) is 0 Å². The van der Waals surface area contributed by atoms with Crippen molar-refractivity contribution < 1.29 is 22.7 Å². The Morgan fingerprint density at radius 2 is 1.64 bits per heavy atom. The summed E-state index contributed by atoms with van der Waals surface area (Å²) in [4.78, 5) is 14.0. The number of nitrogens with zero attached hydrogens (tertiary/aromatic N) is 2. The van der Waals surface area contributed by atoms with Crippen molar-refractivity contribution in [3.8, 4) is 11.5 Å². The van der Waals surface area contributed by atoms with Crippen LogP contribution in [-0.2, 0) is 14.8 Å². The van der Waals surface area contributed by atoms with E-state index in [1.807, 2.05) is 6.92 Å². The molecule has 0 radical (unpaired) electrons. The van der Waals surface area contributed by atoms with Crippen LogP contribution in [-0.4, -0.2) is 63.9 Å². The minimum atomic E-state index is -3.72. The highest BCUT2D eigenvalue weighted by molar-refractivity contribution is 7.89. The van der Waals surface area contributed by atoms with E-state index in [9.17, 15) is 13.2 Å². The second-order valence-electron chi connectivity index (χ2n) is 6.48. The molecule has 8 heteroatoms. The summed E-state index contributed by atoms with van der Waals surface area (Å²) in [6.07, 6.45) is 1.91. The number of carbonyl (C=O) groups excluding carboxylic acids is 1. The molecule has 25 heavy (non-hydrogen) atoms. The summed E-state index contributed by atoms with van der Waals surface area (Å²) in [5, 5.41) is 0. The first-order valence-electron chi connectivity index (χ1n) is 8.40. The van der Waals surface area contributed by atoms with Gasteiger partial charge in [0, 0.05) is 38.2 Å². The number of piperazine rings is 1. The first-order valence-corrected chi connectivity index (χ1v) is 9.84. The smallest absolute Gasteiger partial charge is 0.247 e. The Hall–Kier alpha value is -1.80. The van der Waals surface area contributed by atoms with E-state index in [1.165, 1.54) is 24.6 Å². The summed E-state index contributed by atoms with van der Waals surface area (Å²) in [7, 11) is -0.759. The Bertz CT molecular complexity index is 765. The molecule has 2 aliphatic rings. The molecule has 138 valence electrons. The van der Waals surface area contributed by atoms with E-state index in [1.54, 1.807) is 11.0 Å². The molecule has 0 spiro atoms. The largest absolute Gasteiger partial charge is 0.496 e. The third-order valence-electron chi connectivity index (χ3n) is 4.78. The van der Waals surface area contributed by atoms with Crippen molar-refractivity contribution in [2.45, 2.75) is 24.7 Å². The molecular formula is C17H24N2O5S. The van der Waals surface area contributed by atoms with Gasteiger partial charge in [0.2, 0.25) is 15.9 Å². The first kappa shape index (κ1) is 18.0. The quantitative estimate of drug-likeness (QED) is 0.782. The van der Waals surface area contributed by atoms with Gasteiger partial charge in [-0.2, -0.15) is 4.31 Å². The average Bonchev–Trinajstić information content (AvgIpc) is 3.45. The normalized spacial score (nSPS) is 18.9. The summed E-state index contributed by atoms with van der Waals surface area (Å²) < 4.78 is 38.1. The zero-order valence-corrected chi connectivity index (χ0v) is 15.6. The second-order valence-corrected chi connectivity index (χ2v) is 8.38. The molecule has 0 unspecified atom stereocenters. The van der Waals surface area contributed by atoms with Gasteiger partial charge < -0.3 is 14.4 Å². The van der Waals surface area contributed by atoms with Crippen LogP contribution in [0.1, 0.15) is 18.4 Å². The van der Waals surface area contributed by atoms with Gasteiger partial charge in [-0.05, 0) is 31.4 Å². The third-order valence-corrected chi connectivity index (χ3v) is 6.70. The Morgan fingerprint density at radius 3 is 2.16 bits per heavy atom. The van der Waals surface area contributed by atoms with Crippen LogP contribution in [0, 0.1) is 12.8 Å². The van der Waals surface area contributed by atoms with Gasteiger partial charge in [-0.1, -0.05) is 0 Å². The van der Waals surface area contributed by atoms with E-state index >= 15 is 0 Å². The lowest BCUT2D eigenvalue weighted by Crippen LogP contribution is -2.50. The molecule has 1 aromatic rings. The fourth-order valence-corrected chi connectivity index (χ4v) is 4.68. The summed E-state index contributed by atoms with van der Waals surface area (Å²) in [5.41, 5.74) is 0.804. The number of ether oxygens (including phenoxy) is 2. The van der Waals surface area contributed by atoms with Crippen molar-refractivity contribution in [1.29, 1.82) is 0 Å². The fourth-order valence-electron chi connectivity index (χ4n) is 3.10. The number of hydrogen-bond acceptors (Lipinski definition) is 5. The Labute approximate surface area is 148 Å². The number of hydrogen-bond donors (Lipinski definition) is 0. The van der Waals surface area contributed by atoms with Crippen LogP contribution in [0.15, 0.2) is 17.0 Å². The average molecular weight is 368 g/mol. The number of aryl methyl sites for hydroxylation is 1. The van der Waals surface area contributed by atoms with Crippen LogP contribution in [0.3, 0.4) is 0 Å². The minimum Gasteiger partial charge on any atom is -0.496 e. The second kappa shape index (κ2) is 6.84. The van der Waals surface area contributed by atoms with Crippen LogP contribution in [0.5, 0.6) is 11.5 Å². The molecule has 1 aliphatic heterocycles. The summed E-state index contributed by atoms with van der Waals surface area (Å²) in [6.45, 7) is 3.28. The molecule has 0 N–H and O–H groups in total. The molecule has 1 heterocycles. The molecule has 3 rings (SSSR count). The highest BCUT2D eigenvalue weighted by Crippen LogP contribution is 2.34. The number of rotatable bonds is 5. The van der Waals surface area contributed by atoms with Crippen LogP contribution in [0.2, 0.25) is 0 Å². The molecule has 1 aromatic carbocycles. The molecule has 1 saturated carbocycles. The van der Waals surface area contributed by atoms with E-state index in [0.717, 1.165) is 18.4 Å². The lowest BCUT2D eigenvalue weighted by molar-refractivity contribution is -0.133. The lowest BCUT2D eigenvalue weighted by atomic mass is 10.2. The molecule has 0 atom stereocenters. The molecule has 0 aromatic heterocycles. The molecule has 1 saturated heterocycles. The van der Waals surface area contributed by atoms with Crippen LogP contribution >= 0.6 is 0 Å². The van der Waals surface area contributed by atoms with Crippen molar-refractivity contribution >= 4 is 15.9 Å². The number of benzene rings is 1. The van der Waals surface area contributed by atoms with Crippen LogP contribution < -0.4 is 9.47 Å². The lowest BCUT2D eigenvalue weighted by Gasteiger charge is -2.34. The first-order chi connectivity index (χ1) is 11.9. The maximum absolute atomic E-state index is 13.1. The van der Waals surface area contributed by atoms with Gasteiger partial charge in [0.25, 0.3) is 0 Å². The number of amides is 1. The summed E-state index contributed by atoms with van der Waals surface area (Å²) in [5.74, 6) is 1.12. The van der Waals surface area contributed by atoms with Gasteiger partial charge in [-0.15, -0.1) is 0 Å². The Morgan fingerprint density at radius 1 is 1.04 bits per heavy atom. The zero-order chi connectivity index (χ0) is 18.2. The molecule has 1 aliphatic carbocycles. The standard InChI is InChI=1S/C17H24N2O5S/c1-12-10-15(24-3)16(11-14(12)23-2)25(21,22)19-8-6-18(7-9-19)17(20)13-4-5-13/h10-11,13H,4-9H2,1-3H3. The van der Waals surface area contributed by atoms with Crippen molar-refractivity contribution in [2.24, 2.45) is 5.92 Å². The highest BCUT2D eigenvalue weighted by atomic mass is 32.2. The number of carbonyl (C=O) groups is 1. The number of sulfonamides is 1. The Kier molecular flexibility index (Phi) is 4.92. The topological polar surface area (TPSA) is 76.2 Å². The van der Waals surface area contributed by atoms with E-state index in [4.69, 9.17) is 9.47 Å². The van der Waals surface area contributed by atoms with Gasteiger partial charge in [0.15, 0.2) is 0 Å². The molecule has 1 amide bonds. The number of methoxy groups -OCH3 is 2. The van der Waals surface area contributed by atoms with Gasteiger partial charge >= 0.3 is 0 Å². The highest BCUT2D eigenvalue weighted by Gasteiger charge is 2.37. The Balaban J connectivity index is 1.81. The zero-order valence-electron chi connectivity index (χ0n) is 14.8. The molecule has 2 fully saturated rings. The van der Waals surface area contributed by atoms with Gasteiger partial charge in [0.05, 0.1) is 14.2 Å². The molecular weight excluding hydrogens is 344 g/mol. The monoisotopic (exact) mass is 368 g/mol. The van der Waals surface area contributed by atoms with E-state index < -0.39 is 10.0 Å². The molecule has 7 nitrogen and oxygen atoms in total. The van der Waals surface area contributed by atoms with Gasteiger partial charge in [0.1, 0.15) is 16.4 Å². The van der Waals surface area contributed by atoms with Crippen molar-refractivity contribution in [1.82, 2.24) is 9.21 Å². The molecule has 0 bridgehead atoms. The maximum Gasteiger partial charge on any atom is 0.247 e.